The van der Waals surface area contributed by atoms with E-state index >= 15 is 0 Å². The molecule has 0 bridgehead atoms. The monoisotopic (exact) mass is 490 g/mol. The molecule has 0 spiro atoms. The summed E-state index contributed by atoms with van der Waals surface area (Å²) in [4.78, 5) is 51.6. The number of esters is 1. The Morgan fingerprint density at radius 1 is 1.06 bits per heavy atom. The van der Waals surface area contributed by atoms with Crippen molar-refractivity contribution >= 4 is 40.5 Å². The highest BCUT2D eigenvalue weighted by Crippen LogP contribution is 2.32. The maximum atomic E-state index is 13.1. The molecule has 2 aromatic heterocycles. The molecule has 33 heavy (non-hydrogen) atoms. The molecule has 4 rings (SSSR count). The van der Waals surface area contributed by atoms with Gasteiger partial charge in [0.05, 0.1) is 21.8 Å². The fourth-order valence-electron chi connectivity index (χ4n) is 4.49. The zero-order valence-electron chi connectivity index (χ0n) is 19.5. The third-order valence-electron chi connectivity index (χ3n) is 6.11. The minimum absolute atomic E-state index is 0.0555. The minimum Gasteiger partial charge on any atom is -0.461 e. The normalized spacial score (nSPS) is 19.4. The van der Waals surface area contributed by atoms with Crippen LogP contribution in [0.25, 0.3) is 0 Å². The summed E-state index contributed by atoms with van der Waals surface area (Å²) in [5.41, 5.74) is 1.19. The standard InChI is InChI=1S/C23H30N4O4S2/c1-13(2)31-23(30)18-6-5-9-27(18)21(28)17-12-32-20(25-17)16-7-10-26(11-8-16)22(29)19-14(3)24-15(4)33-19/h12-13,16,18H,5-11H2,1-4H3. The molecule has 178 valence electrons. The number of carbonyl (C=O) groups is 3. The average molecular weight is 491 g/mol. The van der Waals surface area contributed by atoms with E-state index in [2.05, 4.69) is 9.97 Å². The number of amides is 2. The van der Waals surface area contributed by atoms with E-state index in [1.807, 2.05) is 32.6 Å². The third kappa shape index (κ3) is 5.11. The molecule has 0 radical (unpaired) electrons. The lowest BCUT2D eigenvalue weighted by molar-refractivity contribution is -0.151. The third-order valence-corrected chi connectivity index (χ3v) is 8.18. The molecule has 2 aromatic rings. The van der Waals surface area contributed by atoms with Gasteiger partial charge in [-0.1, -0.05) is 0 Å². The number of hydrogen-bond donors (Lipinski definition) is 0. The molecule has 2 aliphatic heterocycles. The van der Waals surface area contributed by atoms with E-state index in [4.69, 9.17) is 4.74 Å². The molecule has 0 aliphatic carbocycles. The lowest BCUT2D eigenvalue weighted by Gasteiger charge is -2.31. The molecular formula is C23H30N4O4S2. The number of aromatic nitrogens is 2. The van der Waals surface area contributed by atoms with Crippen LogP contribution < -0.4 is 0 Å². The first-order valence-corrected chi connectivity index (χ1v) is 13.1. The van der Waals surface area contributed by atoms with E-state index < -0.39 is 6.04 Å². The van der Waals surface area contributed by atoms with Gasteiger partial charge in [0, 0.05) is 30.9 Å². The summed E-state index contributed by atoms with van der Waals surface area (Å²) in [5.74, 6) is -0.260. The Kier molecular flexibility index (Phi) is 7.13. The molecule has 0 saturated carbocycles. The van der Waals surface area contributed by atoms with Crippen molar-refractivity contribution in [2.45, 2.75) is 71.4 Å². The number of nitrogens with zero attached hydrogens (tertiary/aromatic N) is 4. The predicted molar refractivity (Wildman–Crippen MR) is 127 cm³/mol. The number of likely N-dealkylation sites (tertiary alicyclic amines) is 2. The largest absolute Gasteiger partial charge is 0.461 e. The highest BCUT2D eigenvalue weighted by Gasteiger charge is 2.37. The van der Waals surface area contributed by atoms with Crippen molar-refractivity contribution in [1.82, 2.24) is 19.8 Å². The number of hydrogen-bond acceptors (Lipinski definition) is 8. The molecule has 10 heteroatoms. The first-order chi connectivity index (χ1) is 15.7. The molecular weight excluding hydrogens is 460 g/mol. The predicted octanol–water partition coefficient (Wildman–Crippen LogP) is 3.79. The van der Waals surface area contributed by atoms with Crippen LogP contribution in [0, 0.1) is 13.8 Å². The summed E-state index contributed by atoms with van der Waals surface area (Å²) in [5, 5.41) is 3.63. The fraction of sp³-hybridized carbons (Fsp3) is 0.609. The Morgan fingerprint density at radius 2 is 1.79 bits per heavy atom. The van der Waals surface area contributed by atoms with Gasteiger partial charge < -0.3 is 14.5 Å². The molecule has 1 atom stereocenters. The second-order valence-electron chi connectivity index (χ2n) is 8.93. The average Bonchev–Trinajstić information content (AvgIpc) is 3.52. The molecule has 4 heterocycles. The van der Waals surface area contributed by atoms with Crippen LogP contribution in [0.5, 0.6) is 0 Å². The van der Waals surface area contributed by atoms with E-state index in [-0.39, 0.29) is 29.8 Å². The number of rotatable bonds is 5. The number of ether oxygens (including phenoxy) is 1. The summed E-state index contributed by atoms with van der Waals surface area (Å²) in [6.45, 7) is 9.29. The van der Waals surface area contributed by atoms with Gasteiger partial charge in [-0.15, -0.1) is 22.7 Å². The van der Waals surface area contributed by atoms with E-state index in [0.29, 0.717) is 31.7 Å². The smallest absolute Gasteiger partial charge is 0.329 e. The molecule has 8 nitrogen and oxygen atoms in total. The van der Waals surface area contributed by atoms with Crippen molar-refractivity contribution < 1.29 is 19.1 Å². The van der Waals surface area contributed by atoms with Crippen molar-refractivity contribution in [2.75, 3.05) is 19.6 Å². The fourth-order valence-corrected chi connectivity index (χ4v) is 6.34. The van der Waals surface area contributed by atoms with E-state index in [1.165, 1.54) is 22.7 Å². The van der Waals surface area contributed by atoms with Gasteiger partial charge in [-0.05, 0) is 53.4 Å². The Morgan fingerprint density at radius 3 is 2.42 bits per heavy atom. The number of carbonyl (C=O) groups excluding carboxylic acids is 3. The lowest BCUT2D eigenvalue weighted by Crippen LogP contribution is -2.42. The summed E-state index contributed by atoms with van der Waals surface area (Å²) in [7, 11) is 0. The summed E-state index contributed by atoms with van der Waals surface area (Å²) >= 11 is 2.94. The Balaban J connectivity index is 1.37. The van der Waals surface area contributed by atoms with Crippen molar-refractivity contribution in [2.24, 2.45) is 0 Å². The van der Waals surface area contributed by atoms with Crippen LogP contribution in [0.2, 0.25) is 0 Å². The topological polar surface area (TPSA) is 92.7 Å². The quantitative estimate of drug-likeness (QED) is 0.592. The van der Waals surface area contributed by atoms with Crippen molar-refractivity contribution in [1.29, 1.82) is 0 Å². The molecule has 2 amide bonds. The highest BCUT2D eigenvalue weighted by molar-refractivity contribution is 7.13. The maximum Gasteiger partial charge on any atom is 0.329 e. The van der Waals surface area contributed by atoms with Crippen LogP contribution in [0.15, 0.2) is 5.38 Å². The van der Waals surface area contributed by atoms with Gasteiger partial charge in [0.25, 0.3) is 11.8 Å². The van der Waals surface area contributed by atoms with Crippen LogP contribution in [0.3, 0.4) is 0 Å². The van der Waals surface area contributed by atoms with Gasteiger partial charge in [-0.25, -0.2) is 14.8 Å². The Hall–Kier alpha value is -2.33. The highest BCUT2D eigenvalue weighted by atomic mass is 32.1. The van der Waals surface area contributed by atoms with Gasteiger partial charge in [0.2, 0.25) is 0 Å². The van der Waals surface area contributed by atoms with E-state index in [9.17, 15) is 14.4 Å². The second kappa shape index (κ2) is 9.89. The van der Waals surface area contributed by atoms with Gasteiger partial charge in [-0.3, -0.25) is 9.59 Å². The van der Waals surface area contributed by atoms with Crippen LogP contribution in [0.4, 0.5) is 0 Å². The van der Waals surface area contributed by atoms with Gasteiger partial charge >= 0.3 is 5.97 Å². The zero-order valence-corrected chi connectivity index (χ0v) is 21.1. The van der Waals surface area contributed by atoms with Crippen LogP contribution in [0.1, 0.15) is 81.3 Å². The van der Waals surface area contributed by atoms with Gasteiger partial charge in [0.15, 0.2) is 0 Å². The first kappa shape index (κ1) is 23.8. The number of piperidine rings is 1. The summed E-state index contributed by atoms with van der Waals surface area (Å²) in [6, 6.07) is -0.530. The molecule has 2 saturated heterocycles. The molecule has 2 aliphatic rings. The SMILES string of the molecule is Cc1nc(C)c(C(=O)N2CCC(c3nc(C(=O)N4CCCC4C(=O)OC(C)C)cs3)CC2)s1. The van der Waals surface area contributed by atoms with E-state index in [0.717, 1.165) is 39.8 Å². The Labute approximate surface area is 202 Å². The van der Waals surface area contributed by atoms with Crippen molar-refractivity contribution in [3.63, 3.8) is 0 Å². The summed E-state index contributed by atoms with van der Waals surface area (Å²) in [6.07, 6.45) is 2.83. The lowest BCUT2D eigenvalue weighted by atomic mass is 9.97. The van der Waals surface area contributed by atoms with Gasteiger partial charge in [0.1, 0.15) is 16.6 Å². The van der Waals surface area contributed by atoms with Crippen molar-refractivity contribution in [3.05, 3.63) is 31.7 Å². The molecule has 0 N–H and O–H groups in total. The maximum absolute atomic E-state index is 13.1. The molecule has 1 unspecified atom stereocenters. The summed E-state index contributed by atoms with van der Waals surface area (Å²) < 4.78 is 5.33. The second-order valence-corrected chi connectivity index (χ2v) is 11.0. The Bertz CT molecular complexity index is 1040. The van der Waals surface area contributed by atoms with Crippen molar-refractivity contribution in [3.8, 4) is 0 Å². The molecule has 2 fully saturated rings. The van der Waals surface area contributed by atoms with Crippen LogP contribution in [-0.4, -0.2) is 69.3 Å². The van der Waals surface area contributed by atoms with Crippen LogP contribution in [-0.2, 0) is 9.53 Å². The zero-order chi connectivity index (χ0) is 23.7. The molecule has 0 aromatic carbocycles. The number of thiazole rings is 2. The van der Waals surface area contributed by atoms with Crippen LogP contribution >= 0.6 is 22.7 Å². The number of aryl methyl sites for hydroxylation is 2. The van der Waals surface area contributed by atoms with Gasteiger partial charge in [-0.2, -0.15) is 0 Å². The first-order valence-electron chi connectivity index (χ1n) is 11.4. The van der Waals surface area contributed by atoms with E-state index in [1.54, 1.807) is 10.3 Å². The minimum atomic E-state index is -0.530.